The molecule has 0 radical (unpaired) electrons. The average Bonchev–Trinajstić information content (AvgIpc) is 2.41. The number of benzene rings is 1. The van der Waals surface area contributed by atoms with Crippen molar-refractivity contribution < 1.29 is 4.79 Å². The van der Waals surface area contributed by atoms with Gasteiger partial charge in [0, 0.05) is 4.47 Å². The molecule has 2 aromatic rings. The molecule has 0 aliphatic rings. The maximum Gasteiger partial charge on any atom is 0.274 e. The van der Waals surface area contributed by atoms with E-state index in [1.54, 1.807) is 18.2 Å². The number of nitrogens with zero attached hydrogens (tertiary/aromatic N) is 1. The van der Waals surface area contributed by atoms with Crippen molar-refractivity contribution >= 4 is 33.2 Å². The summed E-state index contributed by atoms with van der Waals surface area (Å²) in [5, 5.41) is 2.76. The number of aromatic nitrogens is 1. The number of amides is 1. The first-order valence-corrected chi connectivity index (χ1v) is 5.98. The fourth-order valence-electron chi connectivity index (χ4n) is 1.36. The minimum Gasteiger partial charge on any atom is -0.323 e. The summed E-state index contributed by atoms with van der Waals surface area (Å²) < 4.78 is 0.818. The summed E-state index contributed by atoms with van der Waals surface area (Å²) in [6.45, 7) is 0. The Morgan fingerprint density at radius 3 is 2.61 bits per heavy atom. The summed E-state index contributed by atoms with van der Waals surface area (Å²) in [6.07, 6.45) is 1.49. The van der Waals surface area contributed by atoms with Crippen LogP contribution in [0.15, 0.2) is 47.1 Å². The van der Waals surface area contributed by atoms with Crippen LogP contribution in [0.25, 0.3) is 0 Å². The molecular weight excluding hydrogens is 296 g/mol. The number of hydrogen-bond acceptors (Lipinski definition) is 4. The summed E-state index contributed by atoms with van der Waals surface area (Å²) in [6, 6.07) is 10.7. The van der Waals surface area contributed by atoms with Crippen LogP contribution in [-0.2, 0) is 0 Å². The molecule has 0 saturated carbocycles. The fraction of sp³-hybridized carbons (Fsp3) is 0. The van der Waals surface area contributed by atoms with Gasteiger partial charge in [0.25, 0.3) is 5.91 Å². The molecule has 18 heavy (non-hydrogen) atoms. The van der Waals surface area contributed by atoms with Crippen molar-refractivity contribution in [2.24, 2.45) is 5.84 Å². The predicted molar refractivity (Wildman–Crippen MR) is 74.1 cm³/mol. The number of hydrazine groups is 1. The maximum absolute atomic E-state index is 11.9. The summed E-state index contributed by atoms with van der Waals surface area (Å²) in [7, 11) is 0. The zero-order valence-corrected chi connectivity index (χ0v) is 10.9. The molecule has 6 heteroatoms. The molecule has 2 rings (SSSR count). The monoisotopic (exact) mass is 306 g/mol. The zero-order valence-electron chi connectivity index (χ0n) is 9.35. The van der Waals surface area contributed by atoms with E-state index in [9.17, 15) is 4.79 Å². The summed E-state index contributed by atoms with van der Waals surface area (Å²) in [5.74, 6) is 4.95. The van der Waals surface area contributed by atoms with Crippen molar-refractivity contribution in [2.75, 3.05) is 10.7 Å². The lowest BCUT2D eigenvalue weighted by Crippen LogP contribution is -2.14. The number of nitrogen functional groups attached to an aromatic ring is 1. The number of carbonyl (C=O) groups is 1. The first-order valence-electron chi connectivity index (χ1n) is 5.19. The summed E-state index contributed by atoms with van der Waals surface area (Å²) in [5.41, 5.74) is 4.12. The number of nitrogens with one attached hydrogen (secondary N) is 2. The number of halogens is 1. The molecule has 0 fully saturated rings. The first kappa shape index (κ1) is 12.5. The Morgan fingerprint density at radius 1 is 1.22 bits per heavy atom. The van der Waals surface area contributed by atoms with E-state index < -0.39 is 0 Å². The van der Waals surface area contributed by atoms with Crippen LogP contribution in [-0.4, -0.2) is 10.9 Å². The van der Waals surface area contributed by atoms with Gasteiger partial charge < -0.3 is 10.7 Å². The highest BCUT2D eigenvalue weighted by Crippen LogP contribution is 2.21. The Morgan fingerprint density at radius 2 is 2.00 bits per heavy atom. The topological polar surface area (TPSA) is 80.0 Å². The molecule has 1 heterocycles. The Kier molecular flexibility index (Phi) is 3.91. The van der Waals surface area contributed by atoms with E-state index >= 15 is 0 Å². The second-order valence-electron chi connectivity index (χ2n) is 3.51. The molecule has 5 nitrogen and oxygen atoms in total. The molecule has 0 bridgehead atoms. The van der Waals surface area contributed by atoms with Gasteiger partial charge in [-0.15, -0.1) is 0 Å². The molecule has 0 aliphatic carbocycles. The first-order chi connectivity index (χ1) is 8.70. The molecule has 0 saturated heterocycles. The average molecular weight is 307 g/mol. The van der Waals surface area contributed by atoms with E-state index in [1.807, 2.05) is 18.2 Å². The Balaban J connectivity index is 2.14. The standard InChI is InChI=1S/C12H11BrN4O/c13-9-3-1-2-4-10(9)16-12(18)11-6-5-8(17-14)7-15-11/h1-7,17H,14H2,(H,16,18). The smallest absolute Gasteiger partial charge is 0.274 e. The van der Waals surface area contributed by atoms with E-state index in [-0.39, 0.29) is 5.91 Å². The van der Waals surface area contributed by atoms with Crippen LogP contribution in [0, 0.1) is 0 Å². The van der Waals surface area contributed by atoms with Crippen LogP contribution in [0.4, 0.5) is 11.4 Å². The maximum atomic E-state index is 11.9. The van der Waals surface area contributed by atoms with Crippen molar-refractivity contribution in [3.8, 4) is 0 Å². The number of nitrogens with two attached hydrogens (primary N) is 1. The largest absolute Gasteiger partial charge is 0.323 e. The SMILES string of the molecule is NNc1ccc(C(=O)Nc2ccccc2Br)nc1. The summed E-state index contributed by atoms with van der Waals surface area (Å²) >= 11 is 3.36. The van der Waals surface area contributed by atoms with Crippen LogP contribution in [0.3, 0.4) is 0 Å². The third-order valence-electron chi connectivity index (χ3n) is 2.28. The number of anilines is 2. The molecule has 92 valence electrons. The van der Waals surface area contributed by atoms with Gasteiger partial charge >= 0.3 is 0 Å². The van der Waals surface area contributed by atoms with Gasteiger partial charge in [-0.1, -0.05) is 12.1 Å². The predicted octanol–water partition coefficient (Wildman–Crippen LogP) is 2.38. The third kappa shape index (κ3) is 2.85. The Hall–Kier alpha value is -1.92. The molecule has 0 atom stereocenters. The third-order valence-corrected chi connectivity index (χ3v) is 2.98. The van der Waals surface area contributed by atoms with Crippen molar-refractivity contribution in [1.29, 1.82) is 0 Å². The number of rotatable bonds is 3. The zero-order chi connectivity index (χ0) is 13.0. The molecule has 0 spiro atoms. The number of para-hydroxylation sites is 1. The van der Waals surface area contributed by atoms with Crippen molar-refractivity contribution in [3.63, 3.8) is 0 Å². The lowest BCUT2D eigenvalue weighted by molar-refractivity contribution is 0.102. The molecule has 4 N–H and O–H groups in total. The second-order valence-corrected chi connectivity index (χ2v) is 4.36. The molecular formula is C12H11BrN4O. The van der Waals surface area contributed by atoms with E-state index in [0.717, 1.165) is 4.47 Å². The molecule has 1 aromatic heterocycles. The lowest BCUT2D eigenvalue weighted by atomic mass is 10.3. The van der Waals surface area contributed by atoms with Crippen LogP contribution >= 0.6 is 15.9 Å². The van der Waals surface area contributed by atoms with Gasteiger partial charge in [-0.05, 0) is 40.2 Å². The van der Waals surface area contributed by atoms with Crippen LogP contribution in [0.5, 0.6) is 0 Å². The number of pyridine rings is 1. The molecule has 1 amide bonds. The fourth-order valence-corrected chi connectivity index (χ4v) is 1.75. The number of hydrogen-bond donors (Lipinski definition) is 3. The van der Waals surface area contributed by atoms with Gasteiger partial charge in [-0.25, -0.2) is 4.98 Å². The van der Waals surface area contributed by atoms with Gasteiger partial charge in [0.1, 0.15) is 5.69 Å². The second kappa shape index (κ2) is 5.61. The highest BCUT2D eigenvalue weighted by atomic mass is 79.9. The van der Waals surface area contributed by atoms with E-state index in [0.29, 0.717) is 17.1 Å². The van der Waals surface area contributed by atoms with Crippen LogP contribution in [0.2, 0.25) is 0 Å². The van der Waals surface area contributed by atoms with E-state index in [1.165, 1.54) is 6.20 Å². The quantitative estimate of drug-likeness (QED) is 0.601. The lowest BCUT2D eigenvalue weighted by Gasteiger charge is -2.07. The Labute approximate surface area is 113 Å². The molecule has 1 aromatic carbocycles. The Bertz CT molecular complexity index is 556. The van der Waals surface area contributed by atoms with Crippen LogP contribution < -0.4 is 16.6 Å². The number of carbonyl (C=O) groups excluding carboxylic acids is 1. The summed E-state index contributed by atoms with van der Waals surface area (Å²) in [4.78, 5) is 15.9. The van der Waals surface area contributed by atoms with Crippen LogP contribution in [0.1, 0.15) is 10.5 Å². The van der Waals surface area contributed by atoms with Crippen molar-refractivity contribution in [2.45, 2.75) is 0 Å². The van der Waals surface area contributed by atoms with Crippen molar-refractivity contribution in [3.05, 3.63) is 52.8 Å². The molecule has 0 aliphatic heterocycles. The van der Waals surface area contributed by atoms with Gasteiger partial charge in [0.15, 0.2) is 0 Å². The minimum atomic E-state index is -0.273. The van der Waals surface area contributed by atoms with E-state index in [2.05, 4.69) is 31.7 Å². The normalized spacial score (nSPS) is 9.89. The minimum absolute atomic E-state index is 0.273. The highest BCUT2D eigenvalue weighted by Gasteiger charge is 2.08. The molecule has 0 unspecified atom stereocenters. The van der Waals surface area contributed by atoms with Crippen molar-refractivity contribution in [1.82, 2.24) is 4.98 Å². The van der Waals surface area contributed by atoms with Gasteiger partial charge in [-0.3, -0.25) is 10.6 Å². The van der Waals surface area contributed by atoms with Gasteiger partial charge in [0.05, 0.1) is 17.6 Å². The highest BCUT2D eigenvalue weighted by molar-refractivity contribution is 9.10. The van der Waals surface area contributed by atoms with E-state index in [4.69, 9.17) is 5.84 Å². The van der Waals surface area contributed by atoms with Gasteiger partial charge in [-0.2, -0.15) is 0 Å². The van der Waals surface area contributed by atoms with Gasteiger partial charge in [0.2, 0.25) is 0 Å².